The summed E-state index contributed by atoms with van der Waals surface area (Å²) in [5, 5.41) is 8.92. The first-order chi connectivity index (χ1) is 11.2. The fourth-order valence-electron chi connectivity index (χ4n) is 2.50. The number of nitrogens with zero attached hydrogens (tertiary/aromatic N) is 5. The van der Waals surface area contributed by atoms with Gasteiger partial charge in [0, 0.05) is 26.3 Å². The monoisotopic (exact) mass is 373 g/mol. The Labute approximate surface area is 148 Å². The van der Waals surface area contributed by atoms with Crippen molar-refractivity contribution in [2.45, 2.75) is 52.2 Å². The van der Waals surface area contributed by atoms with Crippen LogP contribution >= 0.6 is 11.6 Å². The number of hydrogen-bond acceptors (Lipinski definition) is 4. The summed E-state index contributed by atoms with van der Waals surface area (Å²) in [6.45, 7) is 9.22. The third kappa shape index (κ3) is 3.81. The van der Waals surface area contributed by atoms with Crippen molar-refractivity contribution in [3.63, 3.8) is 0 Å². The van der Waals surface area contributed by atoms with Gasteiger partial charge in [0.1, 0.15) is 4.90 Å². The molecule has 24 heavy (non-hydrogen) atoms. The predicted molar refractivity (Wildman–Crippen MR) is 93.4 cm³/mol. The summed E-state index contributed by atoms with van der Waals surface area (Å²) in [5.41, 5.74) is 1.18. The molecular weight excluding hydrogens is 350 g/mol. The maximum atomic E-state index is 12.9. The van der Waals surface area contributed by atoms with Gasteiger partial charge >= 0.3 is 0 Å². The van der Waals surface area contributed by atoms with Crippen molar-refractivity contribution in [2.24, 2.45) is 5.92 Å². The number of hydrogen-bond donors (Lipinski definition) is 0. The van der Waals surface area contributed by atoms with Crippen LogP contribution in [0, 0.1) is 12.8 Å². The summed E-state index contributed by atoms with van der Waals surface area (Å²) in [6, 6.07) is 0. The summed E-state index contributed by atoms with van der Waals surface area (Å²) in [5.74, 6) is 0.385. The van der Waals surface area contributed by atoms with E-state index >= 15 is 0 Å². The van der Waals surface area contributed by atoms with E-state index in [4.69, 9.17) is 11.6 Å². The van der Waals surface area contributed by atoms with Gasteiger partial charge in [0.05, 0.1) is 29.2 Å². The molecule has 0 fully saturated rings. The zero-order valence-electron chi connectivity index (χ0n) is 14.7. The van der Waals surface area contributed by atoms with Gasteiger partial charge in [-0.3, -0.25) is 9.36 Å². The molecule has 0 saturated carbocycles. The van der Waals surface area contributed by atoms with Crippen molar-refractivity contribution in [2.75, 3.05) is 7.05 Å². The molecule has 0 atom stereocenters. The Hall–Kier alpha value is -1.38. The normalized spacial score (nSPS) is 12.5. The molecule has 0 radical (unpaired) electrons. The van der Waals surface area contributed by atoms with Crippen LogP contribution in [0.2, 0.25) is 5.02 Å². The van der Waals surface area contributed by atoms with Gasteiger partial charge in [0.15, 0.2) is 0 Å². The molecule has 0 unspecified atom stereocenters. The van der Waals surface area contributed by atoms with Gasteiger partial charge in [0.25, 0.3) is 0 Å². The minimum Gasteiger partial charge on any atom is -0.271 e. The first-order valence-corrected chi connectivity index (χ1v) is 9.69. The van der Waals surface area contributed by atoms with E-state index in [-0.39, 0.29) is 11.4 Å². The second kappa shape index (κ2) is 7.25. The van der Waals surface area contributed by atoms with Crippen molar-refractivity contribution in [1.29, 1.82) is 0 Å². The van der Waals surface area contributed by atoms with Crippen LogP contribution in [-0.4, -0.2) is 39.3 Å². The second-order valence-electron chi connectivity index (χ2n) is 6.21. The average Bonchev–Trinajstić information content (AvgIpc) is 3.02. The molecule has 9 heteroatoms. The first-order valence-electron chi connectivity index (χ1n) is 7.87. The van der Waals surface area contributed by atoms with Gasteiger partial charge < -0.3 is 0 Å². The largest absolute Gasteiger partial charge is 0.271 e. The van der Waals surface area contributed by atoms with Crippen LogP contribution in [0.25, 0.3) is 0 Å². The molecule has 2 aromatic rings. The number of sulfonamides is 1. The average molecular weight is 374 g/mol. The number of rotatable bonds is 7. The molecule has 2 aromatic heterocycles. The van der Waals surface area contributed by atoms with Crippen LogP contribution in [-0.2, 0) is 29.7 Å². The Morgan fingerprint density at radius 3 is 2.62 bits per heavy atom. The van der Waals surface area contributed by atoms with Gasteiger partial charge in [-0.1, -0.05) is 25.4 Å². The number of aryl methyl sites for hydroxylation is 2. The first kappa shape index (κ1) is 19.0. The van der Waals surface area contributed by atoms with E-state index in [1.807, 2.05) is 6.92 Å². The molecule has 0 bridgehead atoms. The van der Waals surface area contributed by atoms with Crippen molar-refractivity contribution in [1.82, 2.24) is 23.9 Å². The third-order valence-electron chi connectivity index (χ3n) is 3.71. The number of aromatic nitrogens is 4. The third-order valence-corrected chi connectivity index (χ3v) is 5.93. The van der Waals surface area contributed by atoms with E-state index in [2.05, 4.69) is 24.0 Å². The van der Waals surface area contributed by atoms with Crippen molar-refractivity contribution in [3.05, 3.63) is 28.8 Å². The maximum Gasteiger partial charge on any atom is 0.246 e. The lowest BCUT2D eigenvalue weighted by Crippen LogP contribution is -2.28. The van der Waals surface area contributed by atoms with Crippen LogP contribution < -0.4 is 0 Å². The molecule has 0 saturated heterocycles. The molecule has 0 N–H and O–H groups in total. The van der Waals surface area contributed by atoms with Gasteiger partial charge in [-0.2, -0.15) is 14.5 Å². The molecule has 0 spiro atoms. The zero-order valence-corrected chi connectivity index (χ0v) is 16.3. The molecule has 0 aliphatic carbocycles. The van der Waals surface area contributed by atoms with Crippen LogP contribution in [0.1, 0.15) is 32.2 Å². The van der Waals surface area contributed by atoms with Crippen LogP contribution in [0.15, 0.2) is 17.3 Å². The summed E-state index contributed by atoms with van der Waals surface area (Å²) >= 11 is 6.14. The van der Waals surface area contributed by atoms with E-state index in [9.17, 15) is 8.42 Å². The lowest BCUT2D eigenvalue weighted by molar-refractivity contribution is 0.446. The number of halogens is 1. The van der Waals surface area contributed by atoms with E-state index in [0.717, 1.165) is 0 Å². The van der Waals surface area contributed by atoms with E-state index < -0.39 is 10.0 Å². The Morgan fingerprint density at radius 1 is 1.38 bits per heavy atom. The van der Waals surface area contributed by atoms with Gasteiger partial charge in [-0.05, 0) is 19.8 Å². The standard InChI is InChI=1S/C15H24ClN5O2S/c1-6-21-14(13(16)7-17-21)9-19(5)24(22,23)15-10-20(8-11(2)3)18-12(15)4/h7,10-11H,6,8-9H2,1-5H3. The van der Waals surface area contributed by atoms with Crippen LogP contribution in [0.3, 0.4) is 0 Å². The highest BCUT2D eigenvalue weighted by Gasteiger charge is 2.27. The molecule has 2 rings (SSSR count). The molecule has 0 aliphatic rings. The predicted octanol–water partition coefficient (Wildman–Crippen LogP) is 2.54. The highest BCUT2D eigenvalue weighted by atomic mass is 35.5. The molecule has 0 aromatic carbocycles. The minimum absolute atomic E-state index is 0.157. The van der Waals surface area contributed by atoms with E-state index in [1.165, 1.54) is 17.5 Å². The van der Waals surface area contributed by atoms with Gasteiger partial charge in [-0.25, -0.2) is 8.42 Å². The Morgan fingerprint density at radius 2 is 2.04 bits per heavy atom. The molecule has 2 heterocycles. The lowest BCUT2D eigenvalue weighted by Gasteiger charge is -2.17. The molecule has 134 valence electrons. The highest BCUT2D eigenvalue weighted by Crippen LogP contribution is 2.23. The fourth-order valence-corrected chi connectivity index (χ4v) is 4.00. The van der Waals surface area contributed by atoms with E-state index in [1.54, 1.807) is 22.5 Å². The summed E-state index contributed by atoms with van der Waals surface area (Å²) in [6.07, 6.45) is 3.13. The van der Waals surface area contributed by atoms with E-state index in [0.29, 0.717) is 35.4 Å². The molecule has 7 nitrogen and oxygen atoms in total. The lowest BCUT2D eigenvalue weighted by atomic mass is 10.2. The highest BCUT2D eigenvalue weighted by molar-refractivity contribution is 7.89. The van der Waals surface area contributed by atoms with Gasteiger partial charge in [-0.15, -0.1) is 0 Å². The Bertz CT molecular complexity index is 810. The fraction of sp³-hybridized carbons (Fsp3) is 0.600. The van der Waals surface area contributed by atoms with Crippen molar-refractivity contribution >= 4 is 21.6 Å². The van der Waals surface area contributed by atoms with Crippen molar-refractivity contribution < 1.29 is 8.42 Å². The molecule has 0 amide bonds. The maximum absolute atomic E-state index is 12.9. The van der Waals surface area contributed by atoms with Crippen LogP contribution in [0.5, 0.6) is 0 Å². The topological polar surface area (TPSA) is 73.0 Å². The van der Waals surface area contributed by atoms with Gasteiger partial charge in [0.2, 0.25) is 10.0 Å². The zero-order chi connectivity index (χ0) is 18.1. The summed E-state index contributed by atoms with van der Waals surface area (Å²) < 4.78 is 30.4. The van der Waals surface area contributed by atoms with Crippen molar-refractivity contribution in [3.8, 4) is 0 Å². The Kier molecular flexibility index (Phi) is 5.72. The minimum atomic E-state index is -3.65. The smallest absolute Gasteiger partial charge is 0.246 e. The second-order valence-corrected chi connectivity index (χ2v) is 8.63. The summed E-state index contributed by atoms with van der Waals surface area (Å²) in [4.78, 5) is 0.226. The summed E-state index contributed by atoms with van der Waals surface area (Å²) in [7, 11) is -2.11. The quantitative estimate of drug-likeness (QED) is 0.747. The SMILES string of the molecule is CCn1ncc(Cl)c1CN(C)S(=O)(=O)c1cn(CC(C)C)nc1C. The van der Waals surface area contributed by atoms with Crippen LogP contribution in [0.4, 0.5) is 0 Å². The Balaban J connectivity index is 2.29. The molecular formula is C15H24ClN5O2S. The molecule has 0 aliphatic heterocycles.